The van der Waals surface area contributed by atoms with Gasteiger partial charge in [-0.2, -0.15) is 0 Å². The number of hydrogen-bond acceptors (Lipinski definition) is 3. The molecule has 0 aliphatic rings. The Balaban J connectivity index is 2.30. The van der Waals surface area contributed by atoms with Gasteiger partial charge in [0.25, 0.3) is 5.56 Å². The highest BCUT2D eigenvalue weighted by atomic mass is 35.5. The van der Waals surface area contributed by atoms with Gasteiger partial charge in [-0.3, -0.25) is 9.78 Å². The lowest BCUT2D eigenvalue weighted by Gasteiger charge is -2.08. The molecule has 0 amide bonds. The normalized spacial score (nSPS) is 10.5. The van der Waals surface area contributed by atoms with Gasteiger partial charge in [-0.05, 0) is 31.5 Å². The van der Waals surface area contributed by atoms with Crippen LogP contribution in [0.3, 0.4) is 0 Å². The molecule has 100 valence electrons. The van der Waals surface area contributed by atoms with E-state index in [1.807, 2.05) is 38.1 Å². The minimum absolute atomic E-state index is 0.0987. The van der Waals surface area contributed by atoms with Crippen LogP contribution in [0.5, 0.6) is 0 Å². The first-order chi connectivity index (χ1) is 9.10. The van der Waals surface area contributed by atoms with E-state index in [0.29, 0.717) is 23.0 Å². The zero-order valence-corrected chi connectivity index (χ0v) is 11.7. The lowest BCUT2D eigenvalue weighted by atomic mass is 10.1. The summed E-state index contributed by atoms with van der Waals surface area (Å²) in [5.74, 6) is 0.518. The van der Waals surface area contributed by atoms with Gasteiger partial charge in [0.2, 0.25) is 5.95 Å². The molecule has 2 aromatic rings. The maximum atomic E-state index is 12.0. The minimum Gasteiger partial charge on any atom is -0.356 e. The van der Waals surface area contributed by atoms with Gasteiger partial charge in [-0.25, -0.2) is 4.98 Å². The Kier molecular flexibility index (Phi) is 4.22. The first-order valence-corrected chi connectivity index (χ1v) is 6.56. The molecule has 2 rings (SSSR count). The van der Waals surface area contributed by atoms with E-state index >= 15 is 0 Å². The van der Waals surface area contributed by atoms with Crippen LogP contribution in [-0.2, 0) is 6.42 Å². The van der Waals surface area contributed by atoms with Gasteiger partial charge in [0.05, 0.1) is 5.69 Å². The maximum Gasteiger partial charge on any atom is 0.256 e. The number of benzene rings is 1. The van der Waals surface area contributed by atoms with Crippen molar-refractivity contribution >= 4 is 17.5 Å². The van der Waals surface area contributed by atoms with Crippen LogP contribution < -0.4 is 10.9 Å². The summed E-state index contributed by atoms with van der Waals surface area (Å²) in [6.07, 6.45) is 0.553. The summed E-state index contributed by atoms with van der Waals surface area (Å²) in [6, 6.07) is 7.47. The quantitative estimate of drug-likeness (QED) is 0.903. The van der Waals surface area contributed by atoms with Crippen molar-refractivity contribution < 1.29 is 0 Å². The highest BCUT2D eigenvalue weighted by Gasteiger charge is 2.08. The molecule has 19 heavy (non-hydrogen) atoms. The Morgan fingerprint density at radius 3 is 2.58 bits per heavy atom. The molecule has 0 radical (unpaired) electrons. The third kappa shape index (κ3) is 3.35. The topological polar surface area (TPSA) is 57.8 Å². The highest BCUT2D eigenvalue weighted by molar-refractivity contribution is 6.30. The summed E-state index contributed by atoms with van der Waals surface area (Å²) >= 11 is 5.84. The van der Waals surface area contributed by atoms with E-state index < -0.39 is 0 Å². The highest BCUT2D eigenvalue weighted by Crippen LogP contribution is 2.13. The molecule has 0 spiro atoms. The van der Waals surface area contributed by atoms with Crippen molar-refractivity contribution in [2.45, 2.75) is 20.3 Å². The fraction of sp³-hybridized carbons (Fsp3) is 0.286. The van der Waals surface area contributed by atoms with Crippen LogP contribution in [0, 0.1) is 6.92 Å². The summed E-state index contributed by atoms with van der Waals surface area (Å²) in [4.78, 5) is 19.1. The molecular formula is C14H16ClN3O. The van der Waals surface area contributed by atoms with Crippen LogP contribution in [0.25, 0.3) is 0 Å². The number of nitrogens with one attached hydrogen (secondary N) is 2. The Morgan fingerprint density at radius 2 is 2.00 bits per heavy atom. The molecule has 0 saturated carbocycles. The summed E-state index contributed by atoms with van der Waals surface area (Å²) in [5.41, 5.74) is 2.37. The van der Waals surface area contributed by atoms with Crippen molar-refractivity contribution in [3.8, 4) is 0 Å². The van der Waals surface area contributed by atoms with Gasteiger partial charge in [0, 0.05) is 23.6 Å². The fourth-order valence-electron chi connectivity index (χ4n) is 1.88. The third-order valence-corrected chi connectivity index (χ3v) is 3.11. The van der Waals surface area contributed by atoms with Crippen LogP contribution in [0.4, 0.5) is 5.95 Å². The second-order valence-electron chi connectivity index (χ2n) is 4.31. The van der Waals surface area contributed by atoms with Gasteiger partial charge in [-0.15, -0.1) is 0 Å². The van der Waals surface area contributed by atoms with Crippen molar-refractivity contribution in [1.82, 2.24) is 9.97 Å². The molecule has 1 aromatic carbocycles. The van der Waals surface area contributed by atoms with Crippen LogP contribution in [-0.4, -0.2) is 16.5 Å². The Labute approximate surface area is 116 Å². The third-order valence-electron chi connectivity index (χ3n) is 2.86. The fourth-order valence-corrected chi connectivity index (χ4v) is 2.00. The number of aromatic nitrogens is 2. The number of halogens is 1. The second kappa shape index (κ2) is 5.89. The number of hydrogen-bond donors (Lipinski definition) is 2. The van der Waals surface area contributed by atoms with Crippen LogP contribution in [0.15, 0.2) is 29.1 Å². The Bertz CT molecular complexity index is 620. The first kappa shape index (κ1) is 13.6. The van der Waals surface area contributed by atoms with E-state index in [2.05, 4.69) is 15.3 Å². The van der Waals surface area contributed by atoms with Gasteiger partial charge in [0.15, 0.2) is 0 Å². The smallest absolute Gasteiger partial charge is 0.256 e. The summed E-state index contributed by atoms with van der Waals surface area (Å²) in [5, 5.41) is 3.69. The van der Waals surface area contributed by atoms with Crippen molar-refractivity contribution in [2.75, 3.05) is 11.9 Å². The van der Waals surface area contributed by atoms with Crippen LogP contribution >= 0.6 is 11.6 Å². The predicted octanol–water partition coefficient (Wildman–Crippen LogP) is 2.75. The first-order valence-electron chi connectivity index (χ1n) is 6.18. The molecule has 0 atom stereocenters. The van der Waals surface area contributed by atoms with E-state index in [-0.39, 0.29) is 5.56 Å². The number of aromatic amines is 1. The van der Waals surface area contributed by atoms with Crippen molar-refractivity contribution in [3.05, 3.63) is 56.5 Å². The van der Waals surface area contributed by atoms with Crippen LogP contribution in [0.1, 0.15) is 23.7 Å². The average Bonchev–Trinajstić information content (AvgIpc) is 2.36. The molecular weight excluding hydrogens is 262 g/mol. The molecule has 0 bridgehead atoms. The van der Waals surface area contributed by atoms with E-state index in [1.54, 1.807) is 0 Å². The van der Waals surface area contributed by atoms with Crippen molar-refractivity contribution in [2.24, 2.45) is 0 Å². The average molecular weight is 278 g/mol. The van der Waals surface area contributed by atoms with Gasteiger partial charge in [0.1, 0.15) is 0 Å². The molecule has 2 N–H and O–H groups in total. The summed E-state index contributed by atoms with van der Waals surface area (Å²) in [7, 11) is 0. The zero-order chi connectivity index (χ0) is 13.8. The number of nitrogens with zero attached hydrogens (tertiary/aromatic N) is 1. The molecule has 0 fully saturated rings. The lowest BCUT2D eigenvalue weighted by Crippen LogP contribution is -2.19. The molecule has 0 unspecified atom stereocenters. The number of rotatable bonds is 4. The van der Waals surface area contributed by atoms with Gasteiger partial charge >= 0.3 is 0 Å². The number of anilines is 1. The monoisotopic (exact) mass is 277 g/mol. The summed E-state index contributed by atoms with van der Waals surface area (Å²) in [6.45, 7) is 4.52. The largest absolute Gasteiger partial charge is 0.356 e. The van der Waals surface area contributed by atoms with E-state index in [1.165, 1.54) is 0 Å². The Morgan fingerprint density at radius 1 is 1.32 bits per heavy atom. The number of aryl methyl sites for hydroxylation is 1. The SMILES string of the molecule is CCNc1nc(C)c(Cc2ccc(Cl)cc2)c(=O)[nH]1. The molecule has 0 aliphatic carbocycles. The predicted molar refractivity (Wildman–Crippen MR) is 78.0 cm³/mol. The minimum atomic E-state index is -0.0987. The molecule has 0 saturated heterocycles. The molecule has 4 nitrogen and oxygen atoms in total. The van der Waals surface area contributed by atoms with Gasteiger partial charge < -0.3 is 5.32 Å². The Hall–Kier alpha value is -1.81. The lowest BCUT2D eigenvalue weighted by molar-refractivity contribution is 0.966. The van der Waals surface area contributed by atoms with Crippen molar-refractivity contribution in [3.63, 3.8) is 0 Å². The molecule has 1 aromatic heterocycles. The van der Waals surface area contributed by atoms with Gasteiger partial charge in [-0.1, -0.05) is 23.7 Å². The standard InChI is InChI=1S/C14H16ClN3O/c1-3-16-14-17-9(2)12(13(19)18-14)8-10-4-6-11(15)7-5-10/h4-7H,3,8H2,1-2H3,(H2,16,17,18,19). The number of H-pyrrole nitrogens is 1. The van der Waals surface area contributed by atoms with E-state index in [4.69, 9.17) is 11.6 Å². The second-order valence-corrected chi connectivity index (χ2v) is 4.75. The maximum absolute atomic E-state index is 12.0. The van der Waals surface area contributed by atoms with E-state index in [9.17, 15) is 4.79 Å². The zero-order valence-electron chi connectivity index (χ0n) is 11.0. The van der Waals surface area contributed by atoms with Crippen LogP contribution in [0.2, 0.25) is 5.02 Å². The summed E-state index contributed by atoms with van der Waals surface area (Å²) < 4.78 is 0. The molecule has 0 aliphatic heterocycles. The molecule has 1 heterocycles. The van der Waals surface area contributed by atoms with Crippen molar-refractivity contribution in [1.29, 1.82) is 0 Å². The van der Waals surface area contributed by atoms with E-state index in [0.717, 1.165) is 17.8 Å². The molecule has 5 heteroatoms.